The van der Waals surface area contributed by atoms with E-state index < -0.39 is 66.9 Å². The number of hydrogen-bond acceptors (Lipinski definition) is 8. The standard InChI is InChI=1S/C20H28N4O9/c1-10(20(32)33)22-19(31)15(9-25)24-18(30)14(6-7-16(27)28)23-17(29)13(21)8-11-2-4-12(26)5-3-11/h2-5,10,13-15,25-26H,6-9,21H2,1H3,(H,22,31)(H,23,29)(H,24,30)(H,27,28)(H,32,33). The molecule has 0 aliphatic heterocycles. The van der Waals surface area contributed by atoms with Gasteiger partial charge in [-0.25, -0.2) is 0 Å². The first-order valence-electron chi connectivity index (χ1n) is 9.94. The first-order valence-corrected chi connectivity index (χ1v) is 9.94. The monoisotopic (exact) mass is 468 g/mol. The number of aliphatic carboxylic acids is 2. The molecule has 0 aliphatic rings. The molecule has 4 unspecified atom stereocenters. The van der Waals surface area contributed by atoms with E-state index in [4.69, 9.17) is 15.9 Å². The number of nitrogens with one attached hydrogen (secondary N) is 3. The number of rotatable bonds is 13. The van der Waals surface area contributed by atoms with Gasteiger partial charge >= 0.3 is 11.9 Å². The third-order valence-electron chi connectivity index (χ3n) is 4.55. The van der Waals surface area contributed by atoms with Crippen molar-refractivity contribution in [2.75, 3.05) is 6.61 Å². The van der Waals surface area contributed by atoms with Gasteiger partial charge in [0.2, 0.25) is 17.7 Å². The fourth-order valence-corrected chi connectivity index (χ4v) is 2.64. The number of phenolic OH excluding ortho intramolecular Hbond substituents is 1. The molecule has 0 fully saturated rings. The number of nitrogens with two attached hydrogens (primary N) is 1. The third-order valence-corrected chi connectivity index (χ3v) is 4.55. The molecule has 0 bridgehead atoms. The molecule has 13 nitrogen and oxygen atoms in total. The van der Waals surface area contributed by atoms with Gasteiger partial charge < -0.3 is 42.1 Å². The number of carboxylic acids is 2. The van der Waals surface area contributed by atoms with Gasteiger partial charge in [-0.3, -0.25) is 24.0 Å². The molecule has 0 spiro atoms. The number of hydrogen-bond donors (Lipinski definition) is 8. The first-order chi connectivity index (χ1) is 15.4. The zero-order valence-electron chi connectivity index (χ0n) is 17.9. The van der Waals surface area contributed by atoms with Crippen molar-refractivity contribution in [3.8, 4) is 5.75 Å². The zero-order valence-corrected chi connectivity index (χ0v) is 17.9. The van der Waals surface area contributed by atoms with Gasteiger partial charge in [-0.2, -0.15) is 0 Å². The molecule has 182 valence electrons. The number of phenols is 1. The highest BCUT2D eigenvalue weighted by molar-refractivity contribution is 5.94. The van der Waals surface area contributed by atoms with Gasteiger partial charge in [0.1, 0.15) is 23.9 Å². The van der Waals surface area contributed by atoms with Crippen LogP contribution in [0.4, 0.5) is 0 Å². The summed E-state index contributed by atoms with van der Waals surface area (Å²) in [4.78, 5) is 59.0. The predicted molar refractivity (Wildman–Crippen MR) is 113 cm³/mol. The summed E-state index contributed by atoms with van der Waals surface area (Å²) < 4.78 is 0. The van der Waals surface area contributed by atoms with Gasteiger partial charge in [-0.15, -0.1) is 0 Å². The fraction of sp³-hybridized carbons (Fsp3) is 0.450. The van der Waals surface area contributed by atoms with Gasteiger partial charge in [0.05, 0.1) is 12.6 Å². The van der Waals surface area contributed by atoms with Crippen LogP contribution in [0.5, 0.6) is 5.75 Å². The van der Waals surface area contributed by atoms with E-state index in [0.29, 0.717) is 5.56 Å². The molecule has 0 saturated carbocycles. The van der Waals surface area contributed by atoms with Crippen molar-refractivity contribution < 1.29 is 44.4 Å². The van der Waals surface area contributed by atoms with Crippen LogP contribution < -0.4 is 21.7 Å². The molecule has 0 heterocycles. The molecule has 13 heteroatoms. The molecule has 1 aromatic carbocycles. The number of aliphatic hydroxyl groups is 1. The van der Waals surface area contributed by atoms with Crippen LogP contribution >= 0.6 is 0 Å². The van der Waals surface area contributed by atoms with Crippen molar-refractivity contribution in [1.82, 2.24) is 16.0 Å². The van der Waals surface area contributed by atoms with E-state index in [-0.39, 0.29) is 18.6 Å². The highest BCUT2D eigenvalue weighted by atomic mass is 16.4. The Kier molecular flexibility index (Phi) is 10.7. The minimum Gasteiger partial charge on any atom is -0.508 e. The molecular weight excluding hydrogens is 440 g/mol. The lowest BCUT2D eigenvalue weighted by molar-refractivity contribution is -0.142. The van der Waals surface area contributed by atoms with Gasteiger partial charge in [0.15, 0.2) is 0 Å². The maximum atomic E-state index is 12.6. The minimum atomic E-state index is -1.53. The van der Waals surface area contributed by atoms with Crippen molar-refractivity contribution in [2.45, 2.75) is 50.4 Å². The molecule has 0 aromatic heterocycles. The van der Waals surface area contributed by atoms with Crippen LogP contribution in [0.3, 0.4) is 0 Å². The van der Waals surface area contributed by atoms with E-state index in [1.165, 1.54) is 19.1 Å². The fourth-order valence-electron chi connectivity index (χ4n) is 2.64. The second-order valence-electron chi connectivity index (χ2n) is 7.28. The molecule has 1 aromatic rings. The lowest BCUT2D eigenvalue weighted by Gasteiger charge is -2.23. The largest absolute Gasteiger partial charge is 0.508 e. The van der Waals surface area contributed by atoms with Gasteiger partial charge in [-0.05, 0) is 37.5 Å². The van der Waals surface area contributed by atoms with Gasteiger partial charge in [0, 0.05) is 6.42 Å². The summed E-state index contributed by atoms with van der Waals surface area (Å²) in [6, 6.07) is 0.613. The van der Waals surface area contributed by atoms with Crippen LogP contribution in [-0.2, 0) is 30.4 Å². The Morgan fingerprint density at radius 2 is 1.45 bits per heavy atom. The van der Waals surface area contributed by atoms with E-state index in [0.717, 1.165) is 0 Å². The molecule has 0 saturated heterocycles. The summed E-state index contributed by atoms with van der Waals surface area (Å²) in [6.45, 7) is 0.311. The Balaban J connectivity index is 2.84. The molecule has 0 aliphatic carbocycles. The van der Waals surface area contributed by atoms with Crippen LogP contribution in [0, 0.1) is 0 Å². The number of carbonyl (C=O) groups excluding carboxylic acids is 3. The Hall–Kier alpha value is -3.71. The summed E-state index contributed by atoms with van der Waals surface area (Å²) in [5.41, 5.74) is 6.50. The number of benzene rings is 1. The average Bonchev–Trinajstić information content (AvgIpc) is 2.75. The quantitative estimate of drug-likeness (QED) is 0.154. The number of aliphatic hydroxyl groups excluding tert-OH is 1. The number of carbonyl (C=O) groups is 5. The maximum Gasteiger partial charge on any atom is 0.325 e. The molecular formula is C20H28N4O9. The minimum absolute atomic E-state index is 0.0300. The highest BCUT2D eigenvalue weighted by Crippen LogP contribution is 2.11. The molecule has 1 rings (SSSR count). The van der Waals surface area contributed by atoms with E-state index in [2.05, 4.69) is 16.0 Å². The van der Waals surface area contributed by atoms with Crippen LogP contribution in [-0.4, -0.2) is 80.9 Å². The van der Waals surface area contributed by atoms with Crippen molar-refractivity contribution in [3.05, 3.63) is 29.8 Å². The van der Waals surface area contributed by atoms with Crippen molar-refractivity contribution >= 4 is 29.7 Å². The van der Waals surface area contributed by atoms with E-state index in [1.807, 2.05) is 0 Å². The average molecular weight is 468 g/mol. The van der Waals surface area contributed by atoms with Gasteiger partial charge in [0.25, 0.3) is 0 Å². The van der Waals surface area contributed by atoms with E-state index >= 15 is 0 Å². The lowest BCUT2D eigenvalue weighted by atomic mass is 10.0. The summed E-state index contributed by atoms with van der Waals surface area (Å²) in [5, 5.41) is 43.1. The van der Waals surface area contributed by atoms with E-state index in [9.17, 15) is 34.2 Å². The Morgan fingerprint density at radius 1 is 0.909 bits per heavy atom. The number of carboxylic acid groups (broad SMARTS) is 2. The van der Waals surface area contributed by atoms with Crippen LogP contribution in [0.15, 0.2) is 24.3 Å². The van der Waals surface area contributed by atoms with Crippen molar-refractivity contribution in [1.29, 1.82) is 0 Å². The van der Waals surface area contributed by atoms with Crippen molar-refractivity contribution in [3.63, 3.8) is 0 Å². The van der Waals surface area contributed by atoms with Crippen LogP contribution in [0.2, 0.25) is 0 Å². The number of amides is 3. The second-order valence-corrected chi connectivity index (χ2v) is 7.28. The SMILES string of the molecule is CC(NC(=O)C(CO)NC(=O)C(CCC(=O)O)NC(=O)C(N)Cc1ccc(O)cc1)C(=O)O. The summed E-state index contributed by atoms with van der Waals surface area (Å²) >= 11 is 0. The van der Waals surface area contributed by atoms with Crippen molar-refractivity contribution in [2.24, 2.45) is 5.73 Å². The highest BCUT2D eigenvalue weighted by Gasteiger charge is 2.29. The summed E-state index contributed by atoms with van der Waals surface area (Å²) in [7, 11) is 0. The summed E-state index contributed by atoms with van der Waals surface area (Å²) in [5.74, 6) is -5.24. The molecule has 0 radical (unpaired) electrons. The number of aromatic hydroxyl groups is 1. The summed E-state index contributed by atoms with van der Waals surface area (Å²) in [6.07, 6.45) is -0.754. The van der Waals surface area contributed by atoms with Crippen LogP contribution in [0.25, 0.3) is 0 Å². The smallest absolute Gasteiger partial charge is 0.325 e. The van der Waals surface area contributed by atoms with Crippen LogP contribution in [0.1, 0.15) is 25.3 Å². The Morgan fingerprint density at radius 3 is 1.97 bits per heavy atom. The van der Waals surface area contributed by atoms with E-state index in [1.54, 1.807) is 12.1 Å². The second kappa shape index (κ2) is 13.0. The molecule has 4 atom stereocenters. The molecule has 33 heavy (non-hydrogen) atoms. The lowest BCUT2D eigenvalue weighted by Crippen LogP contribution is -2.58. The normalized spacial score (nSPS) is 14.3. The maximum absolute atomic E-state index is 12.6. The topological polar surface area (TPSA) is 228 Å². The Labute approximate surface area is 189 Å². The third kappa shape index (κ3) is 9.53. The molecule has 9 N–H and O–H groups in total. The Bertz CT molecular complexity index is 860. The molecule has 3 amide bonds. The first kappa shape index (κ1) is 27.3. The predicted octanol–water partition coefficient (Wildman–Crippen LogP) is -2.32. The zero-order chi connectivity index (χ0) is 25.1. The van der Waals surface area contributed by atoms with Gasteiger partial charge in [-0.1, -0.05) is 12.1 Å².